The van der Waals surface area contributed by atoms with Crippen molar-refractivity contribution in [2.24, 2.45) is 11.8 Å². The van der Waals surface area contributed by atoms with Crippen LogP contribution in [0.4, 0.5) is 0 Å². The first-order valence-electron chi connectivity index (χ1n) is 8.86. The minimum absolute atomic E-state index is 0.153. The Morgan fingerprint density at radius 2 is 1.76 bits per heavy atom. The van der Waals surface area contributed by atoms with Gasteiger partial charge in [0, 0.05) is 25.2 Å². The Kier molecular flexibility index (Phi) is 6.98. The van der Waals surface area contributed by atoms with Gasteiger partial charge in [-0.05, 0) is 62.5 Å². The molecule has 0 bridgehead atoms. The van der Waals surface area contributed by atoms with Gasteiger partial charge in [-0.2, -0.15) is 0 Å². The Morgan fingerprint density at radius 1 is 1.16 bits per heavy atom. The summed E-state index contributed by atoms with van der Waals surface area (Å²) in [4.78, 5) is 14.8. The second-order valence-electron chi connectivity index (χ2n) is 7.05. The fourth-order valence-corrected chi connectivity index (χ4v) is 4.21. The van der Waals surface area contributed by atoms with Crippen molar-refractivity contribution < 1.29 is 13.2 Å². The molecule has 2 rings (SSSR count). The summed E-state index contributed by atoms with van der Waals surface area (Å²) in [5.74, 6) is 1.31. The van der Waals surface area contributed by atoms with E-state index in [4.69, 9.17) is 0 Å². The zero-order chi connectivity index (χ0) is 18.4. The van der Waals surface area contributed by atoms with Crippen molar-refractivity contribution in [1.82, 2.24) is 14.9 Å². The lowest BCUT2D eigenvalue weighted by molar-refractivity contribution is 0.0947. The summed E-state index contributed by atoms with van der Waals surface area (Å²) in [6.45, 7) is 8.48. The molecule has 7 heteroatoms. The van der Waals surface area contributed by atoms with Crippen LogP contribution in [0.2, 0.25) is 0 Å². The van der Waals surface area contributed by atoms with E-state index in [2.05, 4.69) is 28.8 Å². The Morgan fingerprint density at radius 3 is 2.32 bits per heavy atom. The van der Waals surface area contributed by atoms with Crippen LogP contribution in [0.25, 0.3) is 0 Å². The molecule has 1 aliphatic rings. The number of nitrogens with zero attached hydrogens (tertiary/aromatic N) is 1. The minimum Gasteiger partial charge on any atom is -0.352 e. The van der Waals surface area contributed by atoms with E-state index in [1.54, 1.807) is 0 Å². The van der Waals surface area contributed by atoms with Gasteiger partial charge in [0.25, 0.3) is 5.91 Å². The molecule has 0 saturated carbocycles. The number of benzene rings is 1. The molecule has 1 amide bonds. The van der Waals surface area contributed by atoms with Crippen LogP contribution in [0.15, 0.2) is 29.2 Å². The van der Waals surface area contributed by atoms with E-state index in [-0.39, 0.29) is 10.8 Å². The maximum Gasteiger partial charge on any atom is 0.251 e. The van der Waals surface area contributed by atoms with E-state index < -0.39 is 10.0 Å². The molecule has 1 aromatic carbocycles. The van der Waals surface area contributed by atoms with Gasteiger partial charge in [-0.25, -0.2) is 13.1 Å². The third kappa shape index (κ3) is 5.80. The van der Waals surface area contributed by atoms with E-state index in [9.17, 15) is 13.2 Å². The number of hydrogen-bond acceptors (Lipinski definition) is 4. The summed E-state index contributed by atoms with van der Waals surface area (Å²) in [5.41, 5.74) is 0.468. The van der Waals surface area contributed by atoms with Crippen molar-refractivity contribution in [3.05, 3.63) is 29.8 Å². The zero-order valence-corrected chi connectivity index (χ0v) is 16.1. The molecule has 2 unspecified atom stereocenters. The van der Waals surface area contributed by atoms with Gasteiger partial charge in [-0.3, -0.25) is 4.79 Å². The highest BCUT2D eigenvalue weighted by Crippen LogP contribution is 2.20. The molecular formula is C18H29N3O3S. The average molecular weight is 368 g/mol. The summed E-state index contributed by atoms with van der Waals surface area (Å²) in [7, 11) is -2.11. The van der Waals surface area contributed by atoms with E-state index in [1.165, 1.54) is 37.7 Å². The third-order valence-corrected chi connectivity index (χ3v) is 6.01. The van der Waals surface area contributed by atoms with E-state index >= 15 is 0 Å². The molecule has 1 heterocycles. The normalized spacial score (nSPS) is 21.9. The Hall–Kier alpha value is -1.44. The van der Waals surface area contributed by atoms with Gasteiger partial charge in [-0.1, -0.05) is 13.8 Å². The summed E-state index contributed by atoms with van der Waals surface area (Å²) in [6, 6.07) is 5.95. The molecular weight excluding hydrogens is 338 g/mol. The number of carbonyl (C=O) groups excluding carboxylic acids is 1. The summed E-state index contributed by atoms with van der Waals surface area (Å²) in [5, 5.41) is 2.90. The molecule has 0 aromatic heterocycles. The monoisotopic (exact) mass is 367 g/mol. The predicted octanol–water partition coefficient (Wildman–Crippen LogP) is 1.69. The minimum atomic E-state index is -3.47. The molecule has 6 nitrogen and oxygen atoms in total. The number of nitrogens with one attached hydrogen (secondary N) is 2. The van der Waals surface area contributed by atoms with Gasteiger partial charge >= 0.3 is 0 Å². The number of amides is 1. The molecule has 1 aromatic rings. The Balaban J connectivity index is 1.77. The van der Waals surface area contributed by atoms with Crippen LogP contribution in [0, 0.1) is 11.8 Å². The summed E-state index contributed by atoms with van der Waals surface area (Å²) < 4.78 is 25.6. The van der Waals surface area contributed by atoms with Gasteiger partial charge in [0.05, 0.1) is 4.90 Å². The zero-order valence-electron chi connectivity index (χ0n) is 15.3. The van der Waals surface area contributed by atoms with E-state index in [0.717, 1.165) is 37.9 Å². The van der Waals surface area contributed by atoms with Gasteiger partial charge in [-0.15, -0.1) is 0 Å². The van der Waals surface area contributed by atoms with Gasteiger partial charge < -0.3 is 10.2 Å². The molecule has 25 heavy (non-hydrogen) atoms. The maximum atomic E-state index is 12.1. The number of piperidine rings is 1. The maximum absolute atomic E-state index is 12.1. The van der Waals surface area contributed by atoms with Crippen molar-refractivity contribution in [3.63, 3.8) is 0 Å². The molecule has 140 valence electrons. The van der Waals surface area contributed by atoms with Gasteiger partial charge in [0.2, 0.25) is 10.0 Å². The highest BCUT2D eigenvalue weighted by atomic mass is 32.2. The number of likely N-dealkylation sites (tertiary alicyclic amines) is 1. The average Bonchev–Trinajstić information content (AvgIpc) is 2.58. The Labute approximate surface area is 151 Å². The topological polar surface area (TPSA) is 78.5 Å². The van der Waals surface area contributed by atoms with E-state index in [1.807, 2.05) is 0 Å². The van der Waals surface area contributed by atoms with Crippen LogP contribution in [-0.2, 0) is 10.0 Å². The quantitative estimate of drug-likeness (QED) is 0.719. The molecule has 2 atom stereocenters. The summed E-state index contributed by atoms with van der Waals surface area (Å²) in [6.07, 6.45) is 2.21. The standard InChI is InChI=1S/C18H29N3O3S/c1-14-11-15(2)13-21(12-14)10-4-9-20-18(22)16-5-7-17(8-6-16)25(23,24)19-3/h5-8,14-15,19H,4,9-13H2,1-3H3,(H,20,22). The highest BCUT2D eigenvalue weighted by Gasteiger charge is 2.21. The van der Waals surface area contributed by atoms with Crippen LogP contribution in [0.3, 0.4) is 0 Å². The van der Waals surface area contributed by atoms with Crippen molar-refractivity contribution in [2.75, 3.05) is 33.2 Å². The SMILES string of the molecule is CNS(=O)(=O)c1ccc(C(=O)NCCCN2CC(C)CC(C)C2)cc1. The number of sulfonamides is 1. The fraction of sp³-hybridized carbons (Fsp3) is 0.611. The molecule has 1 saturated heterocycles. The lowest BCUT2D eigenvalue weighted by Gasteiger charge is -2.34. The molecule has 0 aliphatic carbocycles. The molecule has 0 radical (unpaired) electrons. The van der Waals surface area contributed by atoms with Crippen molar-refractivity contribution in [2.45, 2.75) is 31.6 Å². The first-order chi connectivity index (χ1) is 11.8. The number of carbonyl (C=O) groups is 1. The predicted molar refractivity (Wildman–Crippen MR) is 99.0 cm³/mol. The van der Waals surface area contributed by atoms with Crippen molar-refractivity contribution in [3.8, 4) is 0 Å². The second-order valence-corrected chi connectivity index (χ2v) is 8.93. The number of hydrogen-bond donors (Lipinski definition) is 2. The largest absolute Gasteiger partial charge is 0.352 e. The highest BCUT2D eigenvalue weighted by molar-refractivity contribution is 7.89. The van der Waals surface area contributed by atoms with Crippen molar-refractivity contribution in [1.29, 1.82) is 0 Å². The number of rotatable bonds is 7. The van der Waals surface area contributed by atoms with Gasteiger partial charge in [0.1, 0.15) is 0 Å². The van der Waals surface area contributed by atoms with Crippen LogP contribution in [0.5, 0.6) is 0 Å². The fourth-order valence-electron chi connectivity index (χ4n) is 3.48. The molecule has 1 aliphatic heterocycles. The smallest absolute Gasteiger partial charge is 0.251 e. The lowest BCUT2D eigenvalue weighted by atomic mass is 9.92. The van der Waals surface area contributed by atoms with Crippen molar-refractivity contribution >= 4 is 15.9 Å². The van der Waals surface area contributed by atoms with Gasteiger partial charge in [0.15, 0.2) is 0 Å². The molecule has 1 fully saturated rings. The van der Waals surface area contributed by atoms with E-state index in [0.29, 0.717) is 12.1 Å². The van der Waals surface area contributed by atoms with Crippen LogP contribution in [-0.4, -0.2) is 52.5 Å². The summed E-state index contributed by atoms with van der Waals surface area (Å²) >= 11 is 0. The third-order valence-electron chi connectivity index (χ3n) is 4.58. The lowest BCUT2D eigenvalue weighted by Crippen LogP contribution is -2.40. The first-order valence-corrected chi connectivity index (χ1v) is 10.3. The van der Waals surface area contributed by atoms with Crippen LogP contribution >= 0.6 is 0 Å². The van der Waals surface area contributed by atoms with Crippen LogP contribution in [0.1, 0.15) is 37.0 Å². The molecule has 0 spiro atoms. The molecule has 2 N–H and O–H groups in total. The Bertz CT molecular complexity index is 663. The second kappa shape index (κ2) is 8.78. The first kappa shape index (κ1) is 19.9. The van der Waals surface area contributed by atoms with Crippen LogP contribution < -0.4 is 10.0 Å².